The first-order chi connectivity index (χ1) is 22.1. The molecule has 0 unspecified atom stereocenters. The van der Waals surface area contributed by atoms with Gasteiger partial charge in [0.05, 0.1) is 38.8 Å². The minimum absolute atomic E-state index is 0.00180. The number of thiophene rings is 1. The van der Waals surface area contributed by atoms with Gasteiger partial charge < -0.3 is 20.1 Å². The van der Waals surface area contributed by atoms with Crippen LogP contribution in [0.4, 0.5) is 32.8 Å². The van der Waals surface area contributed by atoms with Crippen molar-refractivity contribution in [3.05, 3.63) is 47.0 Å². The van der Waals surface area contributed by atoms with Crippen molar-refractivity contribution in [3.8, 4) is 29.0 Å². The van der Waals surface area contributed by atoms with Gasteiger partial charge in [-0.1, -0.05) is 23.7 Å². The lowest BCUT2D eigenvalue weighted by Crippen LogP contribution is -2.43. The second-order valence-electron chi connectivity index (χ2n) is 11.7. The third-order valence-corrected chi connectivity index (χ3v) is 10.4. The SMILES string of the molecule is C=C[C@H]1COc2c(Cl)c(-c3ccc(F)c4sc(N)c(C#N)c34)c(F)c3nc(OC[C@@]45CCCN4C[C@H](F)C5)nc(c23)N1CC(F)F. The summed E-state index contributed by atoms with van der Waals surface area (Å²) in [6, 6.07) is 3.20. The molecule has 2 saturated heterocycles. The summed E-state index contributed by atoms with van der Waals surface area (Å²) in [6.07, 6.45) is -0.655. The number of hydrogen-bond donors (Lipinski definition) is 1. The number of alkyl halides is 3. The van der Waals surface area contributed by atoms with Crippen LogP contribution in [0.1, 0.15) is 24.8 Å². The first kappa shape index (κ1) is 30.7. The van der Waals surface area contributed by atoms with Crippen LogP contribution in [0.2, 0.25) is 5.02 Å². The summed E-state index contributed by atoms with van der Waals surface area (Å²) in [5, 5.41) is 9.61. The van der Waals surface area contributed by atoms with Gasteiger partial charge in [0.15, 0.2) is 11.6 Å². The summed E-state index contributed by atoms with van der Waals surface area (Å²) < 4.78 is 86.3. The molecule has 4 aromatic rings. The number of fused-ring (bicyclic) bond motifs is 2. The average molecular weight is 677 g/mol. The molecule has 15 heteroatoms. The number of nitrogens with two attached hydrogens (primary N) is 1. The quantitative estimate of drug-likeness (QED) is 0.167. The number of rotatable bonds is 7. The Labute approximate surface area is 268 Å². The van der Waals surface area contributed by atoms with Gasteiger partial charge in [0, 0.05) is 23.9 Å². The fourth-order valence-electron chi connectivity index (χ4n) is 7.02. The second kappa shape index (κ2) is 11.4. The molecule has 5 heterocycles. The van der Waals surface area contributed by atoms with Gasteiger partial charge in [-0.15, -0.1) is 17.9 Å². The summed E-state index contributed by atoms with van der Waals surface area (Å²) in [6.45, 7) is 3.75. The van der Waals surface area contributed by atoms with Gasteiger partial charge in [-0.25, -0.2) is 22.0 Å². The predicted molar refractivity (Wildman–Crippen MR) is 166 cm³/mol. The van der Waals surface area contributed by atoms with Gasteiger partial charge in [0.1, 0.15) is 47.6 Å². The number of aromatic nitrogens is 2. The number of anilines is 2. The van der Waals surface area contributed by atoms with Gasteiger partial charge in [0.2, 0.25) is 0 Å². The third-order valence-electron chi connectivity index (χ3n) is 9.05. The Morgan fingerprint density at radius 2 is 2.11 bits per heavy atom. The molecule has 0 spiro atoms. The Balaban J connectivity index is 1.47. The molecule has 240 valence electrons. The molecule has 0 radical (unpaired) electrons. The van der Waals surface area contributed by atoms with Crippen LogP contribution in [0.15, 0.2) is 24.8 Å². The number of nitrogens with zero attached hydrogens (tertiary/aromatic N) is 5. The molecule has 0 amide bonds. The van der Waals surface area contributed by atoms with Crippen molar-refractivity contribution < 1.29 is 31.4 Å². The van der Waals surface area contributed by atoms with Crippen LogP contribution in [-0.4, -0.2) is 71.9 Å². The topological polar surface area (TPSA) is 101 Å². The summed E-state index contributed by atoms with van der Waals surface area (Å²) >= 11 is 7.70. The second-order valence-corrected chi connectivity index (χ2v) is 13.1. The lowest BCUT2D eigenvalue weighted by Gasteiger charge is -2.31. The maximum Gasteiger partial charge on any atom is 0.319 e. The summed E-state index contributed by atoms with van der Waals surface area (Å²) in [7, 11) is 0. The molecule has 3 aliphatic rings. The Morgan fingerprint density at radius 1 is 1.30 bits per heavy atom. The van der Waals surface area contributed by atoms with E-state index in [4.69, 9.17) is 26.8 Å². The molecule has 46 heavy (non-hydrogen) atoms. The van der Waals surface area contributed by atoms with Crippen LogP contribution >= 0.6 is 22.9 Å². The van der Waals surface area contributed by atoms with Crippen LogP contribution in [-0.2, 0) is 0 Å². The van der Waals surface area contributed by atoms with Crippen molar-refractivity contribution in [3.63, 3.8) is 0 Å². The highest BCUT2D eigenvalue weighted by molar-refractivity contribution is 7.23. The lowest BCUT2D eigenvalue weighted by atomic mass is 9.95. The van der Waals surface area contributed by atoms with E-state index in [1.165, 1.54) is 17.0 Å². The lowest BCUT2D eigenvalue weighted by molar-refractivity contribution is 0.107. The van der Waals surface area contributed by atoms with Crippen molar-refractivity contribution in [2.45, 2.75) is 43.4 Å². The average Bonchev–Trinajstić information content (AvgIpc) is 3.63. The van der Waals surface area contributed by atoms with Gasteiger partial charge in [0.25, 0.3) is 6.43 Å². The van der Waals surface area contributed by atoms with E-state index >= 15 is 4.39 Å². The monoisotopic (exact) mass is 676 g/mol. The number of hydrogen-bond acceptors (Lipinski definition) is 9. The maximum atomic E-state index is 17.0. The molecule has 0 bridgehead atoms. The zero-order chi connectivity index (χ0) is 32.5. The maximum absolute atomic E-state index is 17.0. The van der Waals surface area contributed by atoms with Crippen molar-refractivity contribution >= 4 is 54.7 Å². The molecular weight excluding hydrogens is 651 g/mol. The van der Waals surface area contributed by atoms with Gasteiger partial charge in [-0.3, -0.25) is 4.90 Å². The highest BCUT2D eigenvalue weighted by atomic mass is 35.5. The van der Waals surface area contributed by atoms with E-state index in [0.717, 1.165) is 23.8 Å². The first-order valence-corrected chi connectivity index (χ1v) is 15.7. The zero-order valence-electron chi connectivity index (χ0n) is 24.1. The Morgan fingerprint density at radius 3 is 2.85 bits per heavy atom. The Hall–Kier alpha value is -3.93. The zero-order valence-corrected chi connectivity index (χ0v) is 25.7. The highest BCUT2D eigenvalue weighted by Gasteiger charge is 2.49. The van der Waals surface area contributed by atoms with E-state index in [0.29, 0.717) is 13.0 Å². The van der Waals surface area contributed by atoms with E-state index in [1.54, 1.807) is 0 Å². The first-order valence-electron chi connectivity index (χ1n) is 14.5. The van der Waals surface area contributed by atoms with E-state index in [-0.39, 0.29) is 91.5 Å². The molecule has 3 aliphatic heterocycles. The largest absolute Gasteiger partial charge is 0.489 e. The van der Waals surface area contributed by atoms with Crippen LogP contribution < -0.4 is 20.1 Å². The highest BCUT2D eigenvalue weighted by Crippen LogP contribution is 2.51. The number of nitrogen functional groups attached to an aromatic ring is 1. The van der Waals surface area contributed by atoms with E-state index in [1.807, 2.05) is 11.0 Å². The normalized spacial score (nSPS) is 22.7. The molecule has 2 fully saturated rings. The molecule has 2 N–H and O–H groups in total. The molecule has 2 aromatic carbocycles. The molecule has 7 rings (SSSR count). The minimum Gasteiger partial charge on any atom is -0.489 e. The van der Waals surface area contributed by atoms with Crippen molar-refractivity contribution in [2.24, 2.45) is 0 Å². The fourth-order valence-corrected chi connectivity index (χ4v) is 8.30. The minimum atomic E-state index is -2.81. The number of halogens is 6. The smallest absolute Gasteiger partial charge is 0.319 e. The molecule has 3 atom stereocenters. The molecule has 0 saturated carbocycles. The van der Waals surface area contributed by atoms with Gasteiger partial charge >= 0.3 is 6.01 Å². The van der Waals surface area contributed by atoms with E-state index in [2.05, 4.69) is 16.5 Å². The summed E-state index contributed by atoms with van der Waals surface area (Å²) in [5.74, 6) is -1.86. The fraction of sp³-hybridized carbons (Fsp3) is 0.387. The van der Waals surface area contributed by atoms with Crippen molar-refractivity contribution in [1.82, 2.24) is 14.9 Å². The third kappa shape index (κ3) is 4.70. The van der Waals surface area contributed by atoms with Crippen LogP contribution in [0, 0.1) is 23.0 Å². The van der Waals surface area contributed by atoms with Gasteiger partial charge in [-0.05, 0) is 31.0 Å². The molecule has 0 aliphatic carbocycles. The summed E-state index contributed by atoms with van der Waals surface area (Å²) in [5.41, 5.74) is 4.82. The van der Waals surface area contributed by atoms with Crippen LogP contribution in [0.5, 0.6) is 11.8 Å². The summed E-state index contributed by atoms with van der Waals surface area (Å²) in [4.78, 5) is 12.1. The van der Waals surface area contributed by atoms with E-state index < -0.39 is 42.4 Å². The number of benzene rings is 2. The standard InChI is InChI=1S/C31H26ClF5N6O2S/c1-2-15-12-44-26-22-25(24(37)21(23(26)32)16-4-5-18(34)27-20(16)17(9-38)28(39)46-27)40-30(41-29(22)43(15)11-19(35)36)45-13-31-6-3-7-42(31)10-14(33)8-31/h2,4-5,14-15,19H,1,3,6-8,10-13,39H2/t14-,15+,31+/m1/s1. The number of nitriles is 1. The van der Waals surface area contributed by atoms with Crippen LogP contribution in [0.25, 0.3) is 32.1 Å². The molecule has 8 nitrogen and oxygen atoms in total. The molecular formula is C31H26ClF5N6O2S. The van der Waals surface area contributed by atoms with Crippen LogP contribution in [0.3, 0.4) is 0 Å². The Kier molecular flexibility index (Phi) is 7.61. The van der Waals surface area contributed by atoms with Crippen molar-refractivity contribution in [1.29, 1.82) is 5.26 Å². The Bertz CT molecular complexity index is 1950. The van der Waals surface area contributed by atoms with Gasteiger partial charge in [-0.2, -0.15) is 15.2 Å². The molecule has 2 aromatic heterocycles. The number of ether oxygens (including phenoxy) is 2. The predicted octanol–water partition coefficient (Wildman–Crippen LogP) is 6.87. The van der Waals surface area contributed by atoms with Crippen molar-refractivity contribution in [2.75, 3.05) is 43.5 Å². The van der Waals surface area contributed by atoms with E-state index in [9.17, 15) is 22.8 Å².